The van der Waals surface area contributed by atoms with E-state index >= 15 is 0 Å². The van der Waals surface area contributed by atoms with E-state index < -0.39 is 0 Å². The van der Waals surface area contributed by atoms with Crippen LogP contribution < -0.4 is 5.73 Å². The van der Waals surface area contributed by atoms with Crippen molar-refractivity contribution in [2.24, 2.45) is 5.73 Å². The lowest BCUT2D eigenvalue weighted by Gasteiger charge is -2.11. The van der Waals surface area contributed by atoms with Gasteiger partial charge in [-0.1, -0.05) is 0 Å². The number of nitrogens with two attached hydrogens (primary N) is 1. The molecule has 4 heteroatoms. The number of nitrogens with zero attached hydrogens (tertiary/aromatic N) is 1. The molecule has 1 aromatic heterocycles. The van der Waals surface area contributed by atoms with Crippen molar-refractivity contribution in [2.75, 3.05) is 13.2 Å². The Hall–Kier alpha value is -0.450. The molecule has 0 saturated heterocycles. The number of rotatable bonds is 7. The molecular formula is C11H20N2OS. The zero-order valence-electron chi connectivity index (χ0n) is 9.53. The van der Waals surface area contributed by atoms with Gasteiger partial charge < -0.3 is 10.5 Å². The number of thiazole rings is 1. The Labute approximate surface area is 95.7 Å². The summed E-state index contributed by atoms with van der Waals surface area (Å²) in [6, 6.07) is 0. The van der Waals surface area contributed by atoms with Crippen molar-refractivity contribution in [1.82, 2.24) is 4.98 Å². The summed E-state index contributed by atoms with van der Waals surface area (Å²) < 4.78 is 5.70. The van der Waals surface area contributed by atoms with E-state index in [1.165, 1.54) is 4.88 Å². The average Bonchev–Trinajstić information content (AvgIpc) is 2.61. The predicted octanol–water partition coefficient (Wildman–Crippen LogP) is 2.14. The zero-order valence-corrected chi connectivity index (χ0v) is 10.3. The van der Waals surface area contributed by atoms with Crippen molar-refractivity contribution in [3.8, 4) is 0 Å². The molecular weight excluding hydrogens is 208 g/mol. The molecule has 0 radical (unpaired) electrons. The second-order valence-corrected chi connectivity index (χ2v) is 4.66. The molecule has 0 aromatic carbocycles. The first-order chi connectivity index (χ1) is 7.24. The summed E-state index contributed by atoms with van der Waals surface area (Å²) in [4.78, 5) is 5.54. The zero-order chi connectivity index (χ0) is 11.1. The van der Waals surface area contributed by atoms with Crippen molar-refractivity contribution < 1.29 is 4.74 Å². The van der Waals surface area contributed by atoms with Gasteiger partial charge in [-0.15, -0.1) is 11.3 Å². The van der Waals surface area contributed by atoms with Crippen LogP contribution in [0.15, 0.2) is 5.51 Å². The molecule has 1 unspecified atom stereocenters. The molecule has 1 rings (SSSR count). The van der Waals surface area contributed by atoms with E-state index in [0.717, 1.165) is 38.1 Å². The fraction of sp³-hybridized carbons (Fsp3) is 0.727. The maximum atomic E-state index is 5.70. The first kappa shape index (κ1) is 12.6. The molecule has 0 aliphatic rings. The van der Waals surface area contributed by atoms with Gasteiger partial charge in [0.05, 0.1) is 23.9 Å². The first-order valence-electron chi connectivity index (χ1n) is 5.44. The summed E-state index contributed by atoms with van der Waals surface area (Å²) in [5.41, 5.74) is 8.47. The minimum absolute atomic E-state index is 0.321. The van der Waals surface area contributed by atoms with Crippen molar-refractivity contribution in [2.45, 2.75) is 39.2 Å². The lowest BCUT2D eigenvalue weighted by atomic mass is 10.2. The van der Waals surface area contributed by atoms with E-state index in [1.54, 1.807) is 11.3 Å². The summed E-state index contributed by atoms with van der Waals surface area (Å²) in [7, 11) is 0. The molecule has 15 heavy (non-hydrogen) atoms. The fourth-order valence-electron chi connectivity index (χ4n) is 1.41. The number of hydrogen-bond donors (Lipinski definition) is 1. The summed E-state index contributed by atoms with van der Waals surface area (Å²) >= 11 is 1.71. The van der Waals surface area contributed by atoms with E-state index in [1.807, 2.05) is 12.4 Å². The largest absolute Gasteiger partial charge is 0.378 e. The quantitative estimate of drug-likeness (QED) is 0.778. The summed E-state index contributed by atoms with van der Waals surface area (Å²) in [5, 5.41) is 0. The fourth-order valence-corrected chi connectivity index (χ4v) is 2.17. The van der Waals surface area contributed by atoms with Gasteiger partial charge in [0.1, 0.15) is 0 Å². The van der Waals surface area contributed by atoms with Crippen LogP contribution in [0, 0.1) is 6.92 Å². The number of aryl methyl sites for hydroxylation is 1. The molecule has 1 atom stereocenters. The molecule has 2 N–H and O–H groups in total. The Morgan fingerprint density at radius 2 is 2.40 bits per heavy atom. The predicted molar refractivity (Wildman–Crippen MR) is 64.3 cm³/mol. The molecule has 0 bridgehead atoms. The van der Waals surface area contributed by atoms with E-state index in [4.69, 9.17) is 10.5 Å². The van der Waals surface area contributed by atoms with Crippen LogP contribution in [0.5, 0.6) is 0 Å². The van der Waals surface area contributed by atoms with Gasteiger partial charge in [0, 0.05) is 11.3 Å². The van der Waals surface area contributed by atoms with E-state index in [0.29, 0.717) is 6.10 Å². The number of ether oxygens (including phenoxy) is 1. The van der Waals surface area contributed by atoms with Gasteiger partial charge in [-0.3, -0.25) is 0 Å². The van der Waals surface area contributed by atoms with Gasteiger partial charge in [0.2, 0.25) is 0 Å². The van der Waals surface area contributed by atoms with Crippen molar-refractivity contribution in [1.29, 1.82) is 0 Å². The molecule has 86 valence electrons. The van der Waals surface area contributed by atoms with Gasteiger partial charge in [0.15, 0.2) is 0 Å². The van der Waals surface area contributed by atoms with Crippen LogP contribution in [0.25, 0.3) is 0 Å². The molecule has 1 heterocycles. The van der Waals surface area contributed by atoms with Crippen LogP contribution in [0.2, 0.25) is 0 Å². The Morgan fingerprint density at radius 3 is 3.00 bits per heavy atom. The van der Waals surface area contributed by atoms with Crippen LogP contribution >= 0.6 is 11.3 Å². The molecule has 0 amide bonds. The highest BCUT2D eigenvalue weighted by Gasteiger charge is 2.04. The minimum Gasteiger partial charge on any atom is -0.378 e. The van der Waals surface area contributed by atoms with Gasteiger partial charge in [-0.05, 0) is 33.2 Å². The molecule has 0 aliphatic heterocycles. The number of aromatic nitrogens is 1. The SMILES string of the molecule is Cc1ncsc1CCOC(C)CCCN. The third-order valence-electron chi connectivity index (χ3n) is 2.39. The van der Waals surface area contributed by atoms with E-state index in [9.17, 15) is 0 Å². The first-order valence-corrected chi connectivity index (χ1v) is 6.32. The third kappa shape index (κ3) is 4.73. The van der Waals surface area contributed by atoms with E-state index in [2.05, 4.69) is 11.9 Å². The monoisotopic (exact) mass is 228 g/mol. The van der Waals surface area contributed by atoms with Crippen LogP contribution in [-0.4, -0.2) is 24.2 Å². The Balaban J connectivity index is 2.13. The lowest BCUT2D eigenvalue weighted by molar-refractivity contribution is 0.0618. The molecule has 0 saturated carbocycles. The highest BCUT2D eigenvalue weighted by molar-refractivity contribution is 7.09. The standard InChI is InChI=1S/C11H20N2OS/c1-9(4-3-6-12)14-7-5-11-10(2)13-8-15-11/h8-9H,3-7,12H2,1-2H3. The van der Waals surface area contributed by atoms with Crippen molar-refractivity contribution in [3.05, 3.63) is 16.1 Å². The molecule has 1 aromatic rings. The number of hydrogen-bond acceptors (Lipinski definition) is 4. The Kier molecular flexibility index (Phi) is 5.83. The van der Waals surface area contributed by atoms with Crippen molar-refractivity contribution in [3.63, 3.8) is 0 Å². The minimum atomic E-state index is 0.321. The normalized spacial score (nSPS) is 13.0. The molecule has 0 fully saturated rings. The summed E-state index contributed by atoms with van der Waals surface area (Å²) in [5.74, 6) is 0. The van der Waals surface area contributed by atoms with Crippen LogP contribution in [-0.2, 0) is 11.2 Å². The molecule has 3 nitrogen and oxygen atoms in total. The smallest absolute Gasteiger partial charge is 0.0797 e. The second-order valence-electron chi connectivity index (χ2n) is 3.72. The summed E-state index contributed by atoms with van der Waals surface area (Å²) in [6.45, 7) is 5.69. The second kappa shape index (κ2) is 6.93. The molecule has 0 spiro atoms. The van der Waals surface area contributed by atoms with Gasteiger partial charge in [0.25, 0.3) is 0 Å². The summed E-state index contributed by atoms with van der Waals surface area (Å²) in [6.07, 6.45) is 3.39. The average molecular weight is 228 g/mol. The lowest BCUT2D eigenvalue weighted by Crippen LogP contribution is -2.12. The Bertz CT molecular complexity index is 275. The van der Waals surface area contributed by atoms with Gasteiger partial charge in [-0.25, -0.2) is 4.98 Å². The maximum Gasteiger partial charge on any atom is 0.0797 e. The topological polar surface area (TPSA) is 48.1 Å². The van der Waals surface area contributed by atoms with Gasteiger partial charge >= 0.3 is 0 Å². The maximum absolute atomic E-state index is 5.70. The van der Waals surface area contributed by atoms with E-state index in [-0.39, 0.29) is 0 Å². The molecule has 0 aliphatic carbocycles. The van der Waals surface area contributed by atoms with Crippen LogP contribution in [0.3, 0.4) is 0 Å². The highest BCUT2D eigenvalue weighted by atomic mass is 32.1. The van der Waals surface area contributed by atoms with Crippen molar-refractivity contribution >= 4 is 11.3 Å². The Morgan fingerprint density at radius 1 is 1.60 bits per heavy atom. The highest BCUT2D eigenvalue weighted by Crippen LogP contribution is 2.13. The van der Waals surface area contributed by atoms with Gasteiger partial charge in [-0.2, -0.15) is 0 Å². The van der Waals surface area contributed by atoms with Crippen LogP contribution in [0.4, 0.5) is 0 Å². The third-order valence-corrected chi connectivity index (χ3v) is 3.39. The van der Waals surface area contributed by atoms with Crippen LogP contribution in [0.1, 0.15) is 30.3 Å².